The van der Waals surface area contributed by atoms with Gasteiger partial charge in [0.1, 0.15) is 24.4 Å². The van der Waals surface area contributed by atoms with E-state index in [1.807, 2.05) is 11.8 Å². The minimum Gasteiger partial charge on any atom is -0.504 e. The van der Waals surface area contributed by atoms with Crippen LogP contribution in [0.5, 0.6) is 5.75 Å². The van der Waals surface area contributed by atoms with Crippen LogP contribution in [0.2, 0.25) is 5.02 Å². The molecule has 0 spiro atoms. The number of aromatic nitrogens is 5. The van der Waals surface area contributed by atoms with Crippen molar-refractivity contribution in [3.8, 4) is 5.75 Å². The molecule has 1 aliphatic carbocycles. The fourth-order valence-electron chi connectivity index (χ4n) is 7.30. The van der Waals surface area contributed by atoms with Crippen molar-refractivity contribution in [1.29, 1.82) is 0 Å². The highest BCUT2D eigenvalue weighted by molar-refractivity contribution is 6.33. The number of piperazine rings is 1. The van der Waals surface area contributed by atoms with Gasteiger partial charge in [0.15, 0.2) is 22.6 Å². The van der Waals surface area contributed by atoms with Gasteiger partial charge in [-0.25, -0.2) is 19.9 Å². The van der Waals surface area contributed by atoms with Crippen LogP contribution in [0.25, 0.3) is 11.2 Å². The second kappa shape index (κ2) is 13.3. The molecular weight excluding hydrogens is 691 g/mol. The molecule has 2 amide bonds. The van der Waals surface area contributed by atoms with Crippen LogP contribution in [0.15, 0.2) is 35.5 Å². The Labute approximate surface area is 295 Å². The number of amides is 2. The number of pyridine rings is 1. The zero-order valence-corrected chi connectivity index (χ0v) is 28.6. The van der Waals surface area contributed by atoms with E-state index in [2.05, 4.69) is 25.2 Å². The summed E-state index contributed by atoms with van der Waals surface area (Å²) in [7, 11) is 0. The molecule has 5 heterocycles. The van der Waals surface area contributed by atoms with E-state index in [0.29, 0.717) is 42.2 Å². The molecule has 1 saturated carbocycles. The monoisotopic (exact) mass is 725 g/mol. The summed E-state index contributed by atoms with van der Waals surface area (Å²) in [5, 5.41) is 12.9. The zero-order valence-electron chi connectivity index (χ0n) is 27.9. The van der Waals surface area contributed by atoms with Gasteiger partial charge in [0.25, 0.3) is 5.91 Å². The summed E-state index contributed by atoms with van der Waals surface area (Å²) in [4.78, 5) is 64.9. The van der Waals surface area contributed by atoms with Gasteiger partial charge < -0.3 is 29.7 Å². The molecule has 2 saturated heterocycles. The van der Waals surface area contributed by atoms with Gasteiger partial charge in [0, 0.05) is 37.9 Å². The normalized spacial score (nSPS) is 18.9. The first-order valence-electron chi connectivity index (χ1n) is 16.8. The number of hydrogen-bond donors (Lipinski definition) is 2. The summed E-state index contributed by atoms with van der Waals surface area (Å²) in [6.45, 7) is 5.19. The summed E-state index contributed by atoms with van der Waals surface area (Å²) in [5.74, 6) is -0.727. The summed E-state index contributed by atoms with van der Waals surface area (Å²) >= 11 is 6.14. The second-order valence-corrected chi connectivity index (χ2v) is 13.4. The van der Waals surface area contributed by atoms with Crippen molar-refractivity contribution in [1.82, 2.24) is 29.4 Å². The minimum absolute atomic E-state index is 0.00343. The maximum Gasteiger partial charge on any atom is 0.416 e. The zero-order chi connectivity index (χ0) is 36.2. The van der Waals surface area contributed by atoms with Gasteiger partial charge >= 0.3 is 6.18 Å². The van der Waals surface area contributed by atoms with Gasteiger partial charge in [-0.3, -0.25) is 14.4 Å². The fourth-order valence-corrected chi connectivity index (χ4v) is 7.53. The van der Waals surface area contributed by atoms with Gasteiger partial charge in [-0.1, -0.05) is 18.5 Å². The molecule has 0 bridgehead atoms. The van der Waals surface area contributed by atoms with Crippen LogP contribution >= 0.6 is 11.6 Å². The number of nitrogens with zero attached hydrogens (tertiary/aromatic N) is 8. The number of halogens is 4. The lowest BCUT2D eigenvalue weighted by Gasteiger charge is -2.54. The molecule has 3 fully saturated rings. The highest BCUT2D eigenvalue weighted by Gasteiger charge is 2.47. The van der Waals surface area contributed by atoms with E-state index in [1.54, 1.807) is 22.6 Å². The number of carbonyl (C=O) groups excluding carboxylic acids is 2. The van der Waals surface area contributed by atoms with Crippen LogP contribution in [0.3, 0.4) is 0 Å². The number of nitrogens with one attached hydrogen (secondary N) is 1. The first-order valence-corrected chi connectivity index (χ1v) is 17.2. The minimum atomic E-state index is -4.60. The van der Waals surface area contributed by atoms with Gasteiger partial charge in [0.05, 0.1) is 34.2 Å². The number of benzene rings is 1. The predicted octanol–water partition coefficient (Wildman–Crippen LogP) is 4.56. The van der Waals surface area contributed by atoms with Crippen LogP contribution in [-0.2, 0) is 23.9 Å². The molecular formula is C34H35ClF3N9O4. The number of hydrogen-bond acceptors (Lipinski definition) is 10. The first-order chi connectivity index (χ1) is 24.4. The molecule has 3 aliphatic rings. The number of fused-ring (bicyclic) bond motifs is 2. The Bertz CT molecular complexity index is 2100. The van der Waals surface area contributed by atoms with E-state index in [1.165, 1.54) is 6.33 Å². The summed E-state index contributed by atoms with van der Waals surface area (Å²) in [6.07, 6.45) is 1.88. The number of rotatable bonds is 7. The lowest BCUT2D eigenvalue weighted by atomic mass is 9.81. The quantitative estimate of drug-likeness (QED) is 0.278. The van der Waals surface area contributed by atoms with E-state index in [-0.39, 0.29) is 70.5 Å². The molecule has 17 heteroatoms. The van der Waals surface area contributed by atoms with E-state index >= 15 is 0 Å². The largest absolute Gasteiger partial charge is 0.504 e. The van der Waals surface area contributed by atoms with Crippen LogP contribution in [0.4, 0.5) is 30.4 Å². The number of alkyl halides is 3. The molecule has 4 aromatic rings. The Balaban J connectivity index is 1.27. The third-order valence-electron chi connectivity index (χ3n) is 10.0. The van der Waals surface area contributed by atoms with Crippen LogP contribution in [-0.4, -0.2) is 84.6 Å². The Morgan fingerprint density at radius 2 is 1.80 bits per heavy atom. The van der Waals surface area contributed by atoms with Crippen molar-refractivity contribution in [3.05, 3.63) is 68.6 Å². The molecule has 51 heavy (non-hydrogen) atoms. The molecule has 0 unspecified atom stereocenters. The standard InChI is InChI=1S/C34H35ClF3N9O4/c1-3-22-29(45-12-13-46(24-9-8-23(24)45)33(51)28-30(49)18(2)40-17-41-28)31(50)27-32(39-15-25(43-27)44-10-4-5-11-44)47(22)16-26(48)42-21-7-6-19(14-20(21)35)34(36,37)38/h6-7,14-15,17,23-24,49H,3-5,8-13,16H2,1-2H3,(H,42,48)/t23-,24-/m0/s1. The Morgan fingerprint density at radius 1 is 1.06 bits per heavy atom. The van der Waals surface area contributed by atoms with Gasteiger partial charge in [-0.05, 0) is 57.2 Å². The summed E-state index contributed by atoms with van der Waals surface area (Å²) in [5.41, 5.74) is 0.108. The molecule has 2 atom stereocenters. The maximum absolute atomic E-state index is 14.5. The summed E-state index contributed by atoms with van der Waals surface area (Å²) < 4.78 is 41.3. The van der Waals surface area contributed by atoms with Crippen LogP contribution in [0, 0.1) is 6.92 Å². The number of anilines is 3. The van der Waals surface area contributed by atoms with Crippen molar-refractivity contribution in [3.63, 3.8) is 0 Å². The second-order valence-electron chi connectivity index (χ2n) is 13.0. The van der Waals surface area contributed by atoms with E-state index in [9.17, 15) is 32.7 Å². The Morgan fingerprint density at radius 3 is 2.47 bits per heavy atom. The SMILES string of the molecule is CCc1c(N2CCN(C(=O)c3ncnc(C)c3O)[C@H]3CC[C@@H]32)c(=O)c2nc(N3CCCC3)cnc2n1CC(=O)Nc1ccc(C(F)(F)F)cc1Cl. The van der Waals surface area contributed by atoms with E-state index < -0.39 is 23.6 Å². The molecule has 3 aromatic heterocycles. The van der Waals surface area contributed by atoms with Gasteiger partial charge in [-0.2, -0.15) is 13.2 Å². The lowest BCUT2D eigenvalue weighted by Crippen LogP contribution is -2.67. The van der Waals surface area contributed by atoms with Crippen molar-refractivity contribution in [2.75, 3.05) is 41.3 Å². The van der Waals surface area contributed by atoms with Crippen molar-refractivity contribution < 1.29 is 27.9 Å². The lowest BCUT2D eigenvalue weighted by molar-refractivity contribution is -0.137. The molecule has 7 rings (SSSR count). The van der Waals surface area contributed by atoms with Gasteiger partial charge in [0.2, 0.25) is 11.3 Å². The maximum atomic E-state index is 14.5. The fraction of sp³-hybridized carbons (Fsp3) is 0.441. The molecule has 0 radical (unpaired) electrons. The average Bonchev–Trinajstić information content (AvgIpc) is 3.63. The third kappa shape index (κ3) is 6.19. The smallest absolute Gasteiger partial charge is 0.416 e. The van der Waals surface area contributed by atoms with Crippen molar-refractivity contribution in [2.45, 2.75) is 70.8 Å². The van der Waals surface area contributed by atoms with Gasteiger partial charge in [-0.15, -0.1) is 0 Å². The van der Waals surface area contributed by atoms with Crippen molar-refractivity contribution in [2.24, 2.45) is 0 Å². The predicted molar refractivity (Wildman–Crippen MR) is 183 cm³/mol. The summed E-state index contributed by atoms with van der Waals surface area (Å²) in [6, 6.07) is 2.19. The molecule has 2 aliphatic heterocycles. The topological polar surface area (TPSA) is 150 Å². The third-order valence-corrected chi connectivity index (χ3v) is 10.3. The van der Waals surface area contributed by atoms with E-state index in [4.69, 9.17) is 16.6 Å². The Hall–Kier alpha value is -4.99. The number of aryl methyl sites for hydroxylation is 1. The average molecular weight is 726 g/mol. The number of carbonyl (C=O) groups is 2. The Kier molecular flexibility index (Phi) is 8.98. The van der Waals surface area contributed by atoms with E-state index in [0.717, 1.165) is 44.1 Å². The van der Waals surface area contributed by atoms with Crippen LogP contribution in [0.1, 0.15) is 60.0 Å². The number of aromatic hydroxyl groups is 1. The molecule has 268 valence electrons. The highest BCUT2D eigenvalue weighted by Crippen LogP contribution is 2.39. The van der Waals surface area contributed by atoms with Crippen LogP contribution < -0.4 is 20.5 Å². The molecule has 13 nitrogen and oxygen atoms in total. The first kappa shape index (κ1) is 34.5. The molecule has 2 N–H and O–H groups in total. The molecule has 1 aromatic carbocycles. The van der Waals surface area contributed by atoms with Crippen molar-refractivity contribution >= 4 is 51.8 Å². The highest BCUT2D eigenvalue weighted by atomic mass is 35.5.